The SMILES string of the molecule is Cc1c([N+](=O)[O-])c(C(F)(F)F)nn1CC(=O)Nc1ncn(Cc2ccccc2)n1. The molecule has 0 aliphatic rings. The lowest BCUT2D eigenvalue weighted by Crippen LogP contribution is -2.21. The van der Waals surface area contributed by atoms with Gasteiger partial charge in [-0.2, -0.15) is 18.3 Å². The van der Waals surface area contributed by atoms with Crippen LogP contribution in [0.3, 0.4) is 0 Å². The summed E-state index contributed by atoms with van der Waals surface area (Å²) in [6.07, 6.45) is -3.64. The third kappa shape index (κ3) is 4.56. The number of nitrogens with zero attached hydrogens (tertiary/aromatic N) is 6. The first-order valence-corrected chi connectivity index (χ1v) is 8.17. The van der Waals surface area contributed by atoms with Crippen molar-refractivity contribution in [2.45, 2.75) is 26.2 Å². The Morgan fingerprint density at radius 2 is 1.93 bits per heavy atom. The van der Waals surface area contributed by atoms with Gasteiger partial charge in [0.15, 0.2) is 0 Å². The van der Waals surface area contributed by atoms with E-state index >= 15 is 0 Å². The molecule has 0 saturated carbocycles. The average Bonchev–Trinajstić information content (AvgIpc) is 3.20. The number of hydrogen-bond acceptors (Lipinski definition) is 6. The molecule has 0 radical (unpaired) electrons. The van der Waals surface area contributed by atoms with Crippen LogP contribution in [-0.4, -0.2) is 35.4 Å². The number of halogens is 3. The zero-order valence-corrected chi connectivity index (χ0v) is 14.9. The van der Waals surface area contributed by atoms with Gasteiger partial charge in [-0.25, -0.2) is 9.67 Å². The largest absolute Gasteiger partial charge is 0.442 e. The third-order valence-electron chi connectivity index (χ3n) is 3.89. The highest BCUT2D eigenvalue weighted by molar-refractivity contribution is 5.88. The predicted octanol–water partition coefficient (Wildman–Crippen LogP) is 2.40. The Hall–Kier alpha value is -3.77. The number of nitrogens with one attached hydrogen (secondary N) is 1. The van der Waals surface area contributed by atoms with Crippen LogP contribution in [0, 0.1) is 17.0 Å². The van der Waals surface area contributed by atoms with Crippen LogP contribution in [0.25, 0.3) is 0 Å². The maximum absolute atomic E-state index is 13.0. The Kier molecular flexibility index (Phi) is 5.30. The van der Waals surface area contributed by atoms with E-state index in [1.807, 2.05) is 30.3 Å². The molecule has 0 atom stereocenters. The molecule has 29 heavy (non-hydrogen) atoms. The van der Waals surface area contributed by atoms with E-state index < -0.39 is 34.9 Å². The van der Waals surface area contributed by atoms with E-state index in [2.05, 4.69) is 20.5 Å². The van der Waals surface area contributed by atoms with Crippen molar-refractivity contribution < 1.29 is 22.9 Å². The van der Waals surface area contributed by atoms with Gasteiger partial charge in [-0.15, -0.1) is 5.10 Å². The highest BCUT2D eigenvalue weighted by Gasteiger charge is 2.44. The summed E-state index contributed by atoms with van der Waals surface area (Å²) in [6.45, 7) is 0.819. The molecule has 0 bridgehead atoms. The Labute approximate surface area is 161 Å². The molecule has 152 valence electrons. The molecule has 1 N–H and O–H groups in total. The molecular formula is C16H14F3N7O3. The van der Waals surface area contributed by atoms with Crippen molar-refractivity contribution in [3.8, 4) is 0 Å². The number of amides is 1. The molecule has 2 aromatic heterocycles. The van der Waals surface area contributed by atoms with Crippen molar-refractivity contribution in [1.29, 1.82) is 0 Å². The molecule has 3 aromatic rings. The van der Waals surface area contributed by atoms with Crippen LogP contribution in [-0.2, 0) is 24.1 Å². The molecule has 1 aromatic carbocycles. The second kappa shape index (κ2) is 7.69. The van der Waals surface area contributed by atoms with Gasteiger partial charge in [0.2, 0.25) is 17.5 Å². The number of benzene rings is 1. The van der Waals surface area contributed by atoms with Gasteiger partial charge in [0.05, 0.1) is 11.5 Å². The quantitative estimate of drug-likeness (QED) is 0.493. The summed E-state index contributed by atoms with van der Waals surface area (Å²) >= 11 is 0. The first-order valence-electron chi connectivity index (χ1n) is 8.17. The van der Waals surface area contributed by atoms with Gasteiger partial charge < -0.3 is 0 Å². The Morgan fingerprint density at radius 3 is 2.52 bits per heavy atom. The topological polar surface area (TPSA) is 121 Å². The van der Waals surface area contributed by atoms with Gasteiger partial charge in [0.1, 0.15) is 18.6 Å². The van der Waals surface area contributed by atoms with E-state index in [1.54, 1.807) is 0 Å². The molecule has 0 fully saturated rings. The molecule has 0 saturated heterocycles. The summed E-state index contributed by atoms with van der Waals surface area (Å²) in [5, 5.41) is 20.5. The zero-order chi connectivity index (χ0) is 21.2. The maximum Gasteiger partial charge on any atom is 0.442 e. The lowest BCUT2D eigenvalue weighted by atomic mass is 10.2. The minimum Gasteiger partial charge on any atom is -0.292 e. The first kappa shape index (κ1) is 20.0. The zero-order valence-electron chi connectivity index (χ0n) is 14.9. The smallest absolute Gasteiger partial charge is 0.292 e. The van der Waals surface area contributed by atoms with Gasteiger partial charge >= 0.3 is 11.9 Å². The molecule has 2 heterocycles. The second-order valence-electron chi connectivity index (χ2n) is 5.99. The van der Waals surface area contributed by atoms with Crippen LogP contribution < -0.4 is 5.32 Å². The van der Waals surface area contributed by atoms with E-state index in [-0.39, 0.29) is 11.6 Å². The second-order valence-corrected chi connectivity index (χ2v) is 5.99. The van der Waals surface area contributed by atoms with E-state index in [0.717, 1.165) is 12.5 Å². The summed E-state index contributed by atoms with van der Waals surface area (Å²) in [7, 11) is 0. The molecule has 13 heteroatoms. The van der Waals surface area contributed by atoms with Crippen molar-refractivity contribution in [3.63, 3.8) is 0 Å². The fourth-order valence-corrected chi connectivity index (χ4v) is 2.60. The van der Waals surface area contributed by atoms with E-state index in [0.29, 0.717) is 11.2 Å². The fourth-order valence-electron chi connectivity index (χ4n) is 2.60. The van der Waals surface area contributed by atoms with E-state index in [4.69, 9.17) is 0 Å². The molecule has 3 rings (SSSR count). The van der Waals surface area contributed by atoms with Gasteiger partial charge in [-0.05, 0) is 12.5 Å². The monoisotopic (exact) mass is 409 g/mol. The molecule has 10 nitrogen and oxygen atoms in total. The average molecular weight is 409 g/mol. The Morgan fingerprint density at radius 1 is 1.24 bits per heavy atom. The van der Waals surface area contributed by atoms with Crippen molar-refractivity contribution in [3.05, 3.63) is 63.7 Å². The fraction of sp³-hybridized carbons (Fsp3) is 0.250. The summed E-state index contributed by atoms with van der Waals surface area (Å²) < 4.78 is 41.0. The normalized spacial score (nSPS) is 11.4. The van der Waals surface area contributed by atoms with Crippen LogP contribution in [0.4, 0.5) is 24.8 Å². The van der Waals surface area contributed by atoms with Crippen molar-refractivity contribution in [1.82, 2.24) is 24.5 Å². The lowest BCUT2D eigenvalue weighted by molar-refractivity contribution is -0.388. The van der Waals surface area contributed by atoms with Crippen molar-refractivity contribution in [2.24, 2.45) is 0 Å². The van der Waals surface area contributed by atoms with Gasteiger partial charge in [0.25, 0.3) is 0 Å². The van der Waals surface area contributed by atoms with E-state index in [1.165, 1.54) is 11.0 Å². The van der Waals surface area contributed by atoms with Gasteiger partial charge in [-0.3, -0.25) is 24.9 Å². The number of alkyl halides is 3. The van der Waals surface area contributed by atoms with Gasteiger partial charge in [-0.1, -0.05) is 30.3 Å². The highest BCUT2D eigenvalue weighted by Crippen LogP contribution is 2.36. The number of hydrogen-bond donors (Lipinski definition) is 1. The van der Waals surface area contributed by atoms with Gasteiger partial charge in [0, 0.05) is 0 Å². The summed E-state index contributed by atoms with van der Waals surface area (Å²) in [6, 6.07) is 9.34. The predicted molar refractivity (Wildman–Crippen MR) is 92.8 cm³/mol. The summed E-state index contributed by atoms with van der Waals surface area (Å²) in [4.78, 5) is 25.8. The highest BCUT2D eigenvalue weighted by atomic mass is 19.4. The lowest BCUT2D eigenvalue weighted by Gasteiger charge is -2.04. The summed E-state index contributed by atoms with van der Waals surface area (Å²) in [5.41, 5.74) is -2.27. The van der Waals surface area contributed by atoms with Crippen LogP contribution >= 0.6 is 0 Å². The Bertz CT molecular complexity index is 1040. The number of carbonyl (C=O) groups is 1. The Balaban J connectivity index is 1.71. The first-order chi connectivity index (χ1) is 13.6. The van der Waals surface area contributed by atoms with Crippen LogP contribution in [0.2, 0.25) is 0 Å². The van der Waals surface area contributed by atoms with E-state index in [9.17, 15) is 28.1 Å². The molecule has 0 spiro atoms. The number of aromatic nitrogens is 5. The van der Waals surface area contributed by atoms with Crippen molar-refractivity contribution in [2.75, 3.05) is 5.32 Å². The standard InChI is InChI=1S/C16H14F3N7O3/c1-10-13(26(28)29)14(16(17,18)19)22-25(10)8-12(27)21-15-20-9-24(23-15)7-11-5-3-2-4-6-11/h2-6,9H,7-8H2,1H3,(H,21,23,27). The maximum atomic E-state index is 13.0. The number of nitro groups is 1. The number of carbonyl (C=O) groups excluding carboxylic acids is 1. The van der Waals surface area contributed by atoms with Crippen molar-refractivity contribution >= 4 is 17.5 Å². The minimum absolute atomic E-state index is 0.0544. The molecule has 0 aliphatic carbocycles. The summed E-state index contributed by atoms with van der Waals surface area (Å²) in [5.74, 6) is -0.835. The van der Waals surface area contributed by atoms with Crippen LogP contribution in [0.1, 0.15) is 17.0 Å². The number of rotatable bonds is 6. The van der Waals surface area contributed by atoms with Crippen LogP contribution in [0.5, 0.6) is 0 Å². The van der Waals surface area contributed by atoms with Crippen LogP contribution in [0.15, 0.2) is 36.7 Å². The molecule has 0 unspecified atom stereocenters. The molecule has 0 aliphatic heterocycles. The molecule has 1 amide bonds. The number of anilines is 1. The minimum atomic E-state index is -5.02. The third-order valence-corrected chi connectivity index (χ3v) is 3.89. The molecular weight excluding hydrogens is 395 g/mol.